The Hall–Kier alpha value is -1.75. The molecule has 1 aromatic carbocycles. The first-order valence-corrected chi connectivity index (χ1v) is 4.49. The highest BCUT2D eigenvalue weighted by molar-refractivity contribution is 5.79. The fraction of sp³-hybridized carbons (Fsp3) is 0.250. The van der Waals surface area contributed by atoms with E-state index in [9.17, 15) is 4.79 Å². The predicted octanol–water partition coefficient (Wildman–Crippen LogP) is 2.29. The lowest BCUT2D eigenvalue weighted by atomic mass is 10.2. The van der Waals surface area contributed by atoms with Crippen LogP contribution in [0, 0.1) is 12.3 Å². The van der Waals surface area contributed by atoms with Gasteiger partial charge in [0.1, 0.15) is 5.75 Å². The summed E-state index contributed by atoms with van der Waals surface area (Å²) in [5, 5.41) is 0. The minimum absolute atomic E-state index is 0.551. The van der Waals surface area contributed by atoms with Crippen LogP contribution in [0.2, 0.25) is 0 Å². The topological polar surface area (TPSA) is 26.3 Å². The standard InChI is InChI=1S/C12H12O2/c1-2-3-6-9-14-12-8-5-4-7-11(12)10-13/h1,4-5,7-8,10H,3,6,9H2. The average Bonchev–Trinajstić information content (AvgIpc) is 2.25. The number of benzene rings is 1. The van der Waals surface area contributed by atoms with Crippen LogP contribution in [0.1, 0.15) is 23.2 Å². The quantitative estimate of drug-likeness (QED) is 0.402. The minimum Gasteiger partial charge on any atom is -0.493 e. The van der Waals surface area contributed by atoms with Crippen LogP contribution >= 0.6 is 0 Å². The highest BCUT2D eigenvalue weighted by atomic mass is 16.5. The summed E-state index contributed by atoms with van der Waals surface area (Å²) in [7, 11) is 0. The molecule has 0 unspecified atom stereocenters. The number of carbonyl (C=O) groups excluding carboxylic acids is 1. The second-order valence-corrected chi connectivity index (χ2v) is 2.81. The van der Waals surface area contributed by atoms with Gasteiger partial charge in [0.2, 0.25) is 0 Å². The number of rotatable bonds is 5. The largest absolute Gasteiger partial charge is 0.493 e. The predicted molar refractivity (Wildman–Crippen MR) is 55.4 cm³/mol. The molecular weight excluding hydrogens is 176 g/mol. The summed E-state index contributed by atoms with van der Waals surface area (Å²) in [5.41, 5.74) is 0.577. The summed E-state index contributed by atoms with van der Waals surface area (Å²) in [6.07, 6.45) is 7.40. The Labute approximate surface area is 83.9 Å². The van der Waals surface area contributed by atoms with Crippen molar-refractivity contribution in [2.24, 2.45) is 0 Å². The number of hydrogen-bond donors (Lipinski definition) is 0. The van der Waals surface area contributed by atoms with Crippen LogP contribution in [0.5, 0.6) is 5.75 Å². The molecule has 0 N–H and O–H groups in total. The van der Waals surface area contributed by atoms with E-state index in [0.717, 1.165) is 12.7 Å². The van der Waals surface area contributed by atoms with Gasteiger partial charge in [0, 0.05) is 6.42 Å². The Morgan fingerprint density at radius 1 is 1.43 bits per heavy atom. The van der Waals surface area contributed by atoms with Crippen LogP contribution < -0.4 is 4.74 Å². The lowest BCUT2D eigenvalue weighted by Crippen LogP contribution is -1.99. The lowest BCUT2D eigenvalue weighted by molar-refractivity contribution is 0.111. The number of aldehydes is 1. The van der Waals surface area contributed by atoms with Gasteiger partial charge in [0.15, 0.2) is 6.29 Å². The maximum Gasteiger partial charge on any atom is 0.153 e. The smallest absolute Gasteiger partial charge is 0.153 e. The molecule has 1 aromatic rings. The van der Waals surface area contributed by atoms with Crippen LogP contribution in [0.25, 0.3) is 0 Å². The first-order chi connectivity index (χ1) is 6.88. The zero-order chi connectivity index (χ0) is 10.2. The Morgan fingerprint density at radius 2 is 2.21 bits per heavy atom. The molecule has 0 amide bonds. The maximum absolute atomic E-state index is 10.6. The summed E-state index contributed by atoms with van der Waals surface area (Å²) in [6, 6.07) is 7.14. The number of ether oxygens (including phenoxy) is 1. The highest BCUT2D eigenvalue weighted by Crippen LogP contribution is 2.15. The number of unbranched alkanes of at least 4 members (excludes halogenated alkanes) is 1. The second kappa shape index (κ2) is 5.82. The van der Waals surface area contributed by atoms with Crippen LogP contribution in [0.4, 0.5) is 0 Å². The molecule has 0 saturated carbocycles. The second-order valence-electron chi connectivity index (χ2n) is 2.81. The van der Waals surface area contributed by atoms with Crippen molar-refractivity contribution in [3.05, 3.63) is 29.8 Å². The molecule has 0 atom stereocenters. The van der Waals surface area contributed by atoms with Gasteiger partial charge < -0.3 is 4.74 Å². The van der Waals surface area contributed by atoms with Crippen molar-refractivity contribution in [3.63, 3.8) is 0 Å². The van der Waals surface area contributed by atoms with E-state index in [0.29, 0.717) is 24.3 Å². The molecule has 0 aromatic heterocycles. The average molecular weight is 188 g/mol. The summed E-state index contributed by atoms with van der Waals surface area (Å²) < 4.78 is 5.40. The van der Waals surface area contributed by atoms with Gasteiger partial charge in [0.05, 0.1) is 12.2 Å². The lowest BCUT2D eigenvalue weighted by Gasteiger charge is -2.06. The molecule has 0 aliphatic rings. The molecule has 2 heteroatoms. The third kappa shape index (κ3) is 2.95. The molecule has 1 rings (SSSR count). The first-order valence-electron chi connectivity index (χ1n) is 4.49. The molecule has 2 nitrogen and oxygen atoms in total. The zero-order valence-electron chi connectivity index (χ0n) is 7.90. The van der Waals surface area contributed by atoms with Crippen molar-refractivity contribution in [2.45, 2.75) is 12.8 Å². The van der Waals surface area contributed by atoms with Crippen molar-refractivity contribution < 1.29 is 9.53 Å². The molecule has 14 heavy (non-hydrogen) atoms. The Kier molecular flexibility index (Phi) is 4.30. The van der Waals surface area contributed by atoms with Gasteiger partial charge in [-0.25, -0.2) is 0 Å². The fourth-order valence-electron chi connectivity index (χ4n) is 1.07. The summed E-state index contributed by atoms with van der Waals surface area (Å²) in [5.74, 6) is 3.16. The van der Waals surface area contributed by atoms with E-state index < -0.39 is 0 Å². The van der Waals surface area contributed by atoms with Gasteiger partial charge in [-0.05, 0) is 18.6 Å². The number of hydrogen-bond acceptors (Lipinski definition) is 2. The summed E-state index contributed by atoms with van der Waals surface area (Å²) >= 11 is 0. The van der Waals surface area contributed by atoms with Gasteiger partial charge >= 0.3 is 0 Å². The van der Waals surface area contributed by atoms with Gasteiger partial charge in [-0.1, -0.05) is 12.1 Å². The molecule has 0 aliphatic heterocycles. The fourth-order valence-corrected chi connectivity index (χ4v) is 1.07. The van der Waals surface area contributed by atoms with Gasteiger partial charge in [-0.15, -0.1) is 12.3 Å². The molecular formula is C12H12O2. The van der Waals surface area contributed by atoms with Crippen LogP contribution in [-0.2, 0) is 0 Å². The number of carbonyl (C=O) groups is 1. The normalized spacial score (nSPS) is 9.07. The van der Waals surface area contributed by atoms with Crippen molar-refractivity contribution in [2.75, 3.05) is 6.61 Å². The SMILES string of the molecule is C#CCCCOc1ccccc1C=O. The van der Waals surface area contributed by atoms with Crippen molar-refractivity contribution >= 4 is 6.29 Å². The van der Waals surface area contributed by atoms with Crippen molar-refractivity contribution in [1.29, 1.82) is 0 Å². The Morgan fingerprint density at radius 3 is 2.93 bits per heavy atom. The minimum atomic E-state index is 0.551. The molecule has 0 fully saturated rings. The molecule has 0 radical (unpaired) electrons. The highest BCUT2D eigenvalue weighted by Gasteiger charge is 1.99. The van der Waals surface area contributed by atoms with E-state index >= 15 is 0 Å². The molecule has 0 bridgehead atoms. The molecule has 0 aliphatic carbocycles. The van der Waals surface area contributed by atoms with Crippen molar-refractivity contribution in [1.82, 2.24) is 0 Å². The number of para-hydroxylation sites is 1. The van der Waals surface area contributed by atoms with E-state index in [2.05, 4.69) is 5.92 Å². The monoisotopic (exact) mass is 188 g/mol. The third-order valence-corrected chi connectivity index (χ3v) is 1.77. The molecule has 0 heterocycles. The van der Waals surface area contributed by atoms with E-state index in [1.54, 1.807) is 18.2 Å². The van der Waals surface area contributed by atoms with E-state index in [-0.39, 0.29) is 0 Å². The van der Waals surface area contributed by atoms with Gasteiger partial charge in [0.25, 0.3) is 0 Å². The van der Waals surface area contributed by atoms with Crippen molar-refractivity contribution in [3.8, 4) is 18.1 Å². The number of terminal acetylenes is 1. The van der Waals surface area contributed by atoms with E-state index in [4.69, 9.17) is 11.2 Å². The Balaban J connectivity index is 2.50. The van der Waals surface area contributed by atoms with Crippen LogP contribution in [0.15, 0.2) is 24.3 Å². The van der Waals surface area contributed by atoms with E-state index in [1.807, 2.05) is 6.07 Å². The summed E-state index contributed by atoms with van der Waals surface area (Å²) in [4.78, 5) is 10.6. The molecule has 72 valence electrons. The van der Waals surface area contributed by atoms with E-state index in [1.165, 1.54) is 0 Å². The van der Waals surface area contributed by atoms with Gasteiger partial charge in [-0.2, -0.15) is 0 Å². The molecule has 0 saturated heterocycles. The zero-order valence-corrected chi connectivity index (χ0v) is 7.90. The summed E-state index contributed by atoms with van der Waals surface area (Å²) in [6.45, 7) is 0.551. The third-order valence-electron chi connectivity index (χ3n) is 1.77. The Bertz CT molecular complexity index is 336. The van der Waals surface area contributed by atoms with Crippen LogP contribution in [-0.4, -0.2) is 12.9 Å². The first kappa shape index (κ1) is 10.3. The maximum atomic E-state index is 10.6. The van der Waals surface area contributed by atoms with Gasteiger partial charge in [-0.3, -0.25) is 4.79 Å². The molecule has 0 spiro atoms. The van der Waals surface area contributed by atoms with Crippen LogP contribution in [0.3, 0.4) is 0 Å².